The highest BCUT2D eigenvalue weighted by atomic mass is 32.2. The van der Waals surface area contributed by atoms with Gasteiger partial charge >= 0.3 is 0 Å². The lowest BCUT2D eigenvalue weighted by atomic mass is 10.1. The van der Waals surface area contributed by atoms with Gasteiger partial charge in [0, 0.05) is 42.2 Å². The van der Waals surface area contributed by atoms with Crippen LogP contribution < -0.4 is 10.0 Å². The summed E-state index contributed by atoms with van der Waals surface area (Å²) in [4.78, 5) is 8.87. The summed E-state index contributed by atoms with van der Waals surface area (Å²) in [7, 11) is -3.73. The third-order valence-corrected chi connectivity index (χ3v) is 9.04. The number of nitrogens with one attached hydrogen (secondary N) is 2. The van der Waals surface area contributed by atoms with E-state index in [0.717, 1.165) is 46.8 Å². The summed E-state index contributed by atoms with van der Waals surface area (Å²) in [5.74, 6) is 0.861. The molecule has 0 aliphatic rings. The highest BCUT2D eigenvalue weighted by molar-refractivity contribution is 7.92. The van der Waals surface area contributed by atoms with Gasteiger partial charge in [-0.25, -0.2) is 13.4 Å². The van der Waals surface area contributed by atoms with E-state index in [0.29, 0.717) is 18.8 Å². The zero-order valence-corrected chi connectivity index (χ0v) is 25.1. The van der Waals surface area contributed by atoms with Gasteiger partial charge in [-0.1, -0.05) is 69.4 Å². The Bertz CT molecular complexity index is 1430. The summed E-state index contributed by atoms with van der Waals surface area (Å²) < 4.78 is 33.1. The first kappa shape index (κ1) is 30.8. The van der Waals surface area contributed by atoms with Gasteiger partial charge in [0.2, 0.25) is 0 Å². The van der Waals surface area contributed by atoms with Crippen molar-refractivity contribution < 1.29 is 13.5 Å². The summed E-state index contributed by atoms with van der Waals surface area (Å²) in [6.45, 7) is 3.34. The second-order valence-electron chi connectivity index (χ2n) is 10.1. The minimum absolute atomic E-state index is 0.193. The molecule has 0 amide bonds. The third kappa shape index (κ3) is 9.71. The van der Waals surface area contributed by atoms with E-state index in [-0.39, 0.29) is 4.90 Å². The molecule has 2 aromatic heterocycles. The monoisotopic (exact) mass is 593 g/mol. The molecule has 2 aromatic carbocycles. The summed E-state index contributed by atoms with van der Waals surface area (Å²) in [6.07, 6.45) is 11.8. The molecule has 10 heteroatoms. The number of hydrogen-bond acceptors (Lipinski definition) is 8. The second-order valence-corrected chi connectivity index (χ2v) is 12.6. The van der Waals surface area contributed by atoms with Gasteiger partial charge in [0.1, 0.15) is 10.8 Å². The molecule has 0 bridgehead atoms. The number of anilines is 1. The Hall–Kier alpha value is -3.18. The number of aliphatic hydroxyl groups is 1. The molecule has 0 saturated heterocycles. The van der Waals surface area contributed by atoms with Crippen LogP contribution in [0.3, 0.4) is 0 Å². The molecule has 4 rings (SSSR count). The first-order valence-corrected chi connectivity index (χ1v) is 16.5. The van der Waals surface area contributed by atoms with Crippen molar-refractivity contribution in [3.05, 3.63) is 90.0 Å². The van der Waals surface area contributed by atoms with Crippen LogP contribution >= 0.6 is 11.5 Å². The Balaban J connectivity index is 1.23. The van der Waals surface area contributed by atoms with Gasteiger partial charge in [0.25, 0.3) is 10.0 Å². The van der Waals surface area contributed by atoms with Gasteiger partial charge in [-0.15, -0.1) is 0 Å². The van der Waals surface area contributed by atoms with Crippen LogP contribution in [0.1, 0.15) is 68.5 Å². The van der Waals surface area contributed by atoms with Gasteiger partial charge in [-0.05, 0) is 66.8 Å². The number of aryl methyl sites for hydroxylation is 1. The number of nitrogens with zero attached hydrogens (tertiary/aromatic N) is 3. The van der Waals surface area contributed by atoms with Crippen LogP contribution in [-0.4, -0.2) is 41.0 Å². The van der Waals surface area contributed by atoms with Crippen molar-refractivity contribution in [3.63, 3.8) is 0 Å². The molecule has 0 saturated carbocycles. The van der Waals surface area contributed by atoms with Gasteiger partial charge < -0.3 is 10.4 Å². The molecular formula is C31H39N5O3S2. The number of aromatic nitrogens is 3. The quantitative estimate of drug-likeness (QED) is 0.125. The highest BCUT2D eigenvalue weighted by Crippen LogP contribution is 2.25. The number of aliphatic hydroxyl groups excluding tert-OH is 1. The molecule has 3 N–H and O–H groups in total. The van der Waals surface area contributed by atoms with E-state index in [1.165, 1.54) is 43.6 Å². The van der Waals surface area contributed by atoms with Crippen molar-refractivity contribution in [1.29, 1.82) is 0 Å². The number of sulfonamides is 1. The van der Waals surface area contributed by atoms with Crippen molar-refractivity contribution in [2.75, 3.05) is 17.8 Å². The Morgan fingerprint density at radius 2 is 1.68 bits per heavy atom. The molecule has 8 nitrogen and oxygen atoms in total. The maximum absolute atomic E-state index is 13.0. The van der Waals surface area contributed by atoms with Crippen LogP contribution in [0.5, 0.6) is 0 Å². The van der Waals surface area contributed by atoms with Crippen LogP contribution in [0.25, 0.3) is 10.6 Å². The Morgan fingerprint density at radius 1 is 0.927 bits per heavy atom. The van der Waals surface area contributed by atoms with Gasteiger partial charge in [0.05, 0.1) is 11.0 Å². The van der Waals surface area contributed by atoms with Crippen LogP contribution in [0, 0.1) is 0 Å². The maximum Gasteiger partial charge on any atom is 0.261 e. The lowest BCUT2D eigenvalue weighted by Gasteiger charge is -2.12. The molecule has 218 valence electrons. The molecule has 0 fully saturated rings. The minimum atomic E-state index is -3.73. The number of hydrogen-bond donors (Lipinski definition) is 3. The SMILES string of the molecule is CCCCCCCCc1nsc(-c2ccc(S(=O)(=O)Nc3ccc(CCNCC(O)c4cccnc4)cc3)cc2)n1. The Morgan fingerprint density at radius 3 is 2.41 bits per heavy atom. The molecule has 41 heavy (non-hydrogen) atoms. The van der Waals surface area contributed by atoms with E-state index in [9.17, 15) is 13.5 Å². The minimum Gasteiger partial charge on any atom is -0.387 e. The number of pyridine rings is 1. The van der Waals surface area contributed by atoms with Crippen LogP contribution in [-0.2, 0) is 22.9 Å². The predicted molar refractivity (Wildman–Crippen MR) is 165 cm³/mol. The third-order valence-electron chi connectivity index (χ3n) is 6.84. The standard InChI is InChI=1S/C31H39N5O3S2/c1-2-3-4-5-6-7-10-30-34-31(40-35-30)25-13-17-28(18-14-25)41(38,39)36-27-15-11-24(12-16-27)19-21-33-23-29(37)26-9-8-20-32-22-26/h8-9,11-18,20,22,29,33,36-37H,2-7,10,19,21,23H2,1H3. The first-order chi connectivity index (χ1) is 19.9. The first-order valence-electron chi connectivity index (χ1n) is 14.3. The molecule has 0 aliphatic heterocycles. The predicted octanol–water partition coefficient (Wildman–Crippen LogP) is 6.17. The van der Waals surface area contributed by atoms with Crippen molar-refractivity contribution in [2.45, 2.75) is 69.3 Å². The van der Waals surface area contributed by atoms with Gasteiger partial charge in [-0.2, -0.15) is 4.37 Å². The molecule has 2 heterocycles. The molecular weight excluding hydrogens is 555 g/mol. The van der Waals surface area contributed by atoms with E-state index >= 15 is 0 Å². The van der Waals surface area contributed by atoms with Crippen LogP contribution in [0.15, 0.2) is 78.0 Å². The zero-order chi connectivity index (χ0) is 28.9. The van der Waals surface area contributed by atoms with Crippen molar-refractivity contribution >= 4 is 27.2 Å². The fourth-order valence-electron chi connectivity index (χ4n) is 4.43. The molecule has 1 atom stereocenters. The van der Waals surface area contributed by atoms with Crippen molar-refractivity contribution in [2.24, 2.45) is 0 Å². The number of benzene rings is 2. The second kappa shape index (κ2) is 15.7. The van der Waals surface area contributed by atoms with E-state index in [2.05, 4.69) is 31.3 Å². The fourth-order valence-corrected chi connectivity index (χ4v) is 6.20. The van der Waals surface area contributed by atoms with Crippen LogP contribution in [0.2, 0.25) is 0 Å². The van der Waals surface area contributed by atoms with E-state index in [4.69, 9.17) is 0 Å². The Labute approximate surface area is 247 Å². The average molecular weight is 594 g/mol. The number of unbranched alkanes of at least 4 members (excludes halogenated alkanes) is 5. The fraction of sp³-hybridized carbons (Fsp3) is 0.387. The van der Waals surface area contributed by atoms with Crippen molar-refractivity contribution in [3.8, 4) is 10.6 Å². The van der Waals surface area contributed by atoms with Crippen molar-refractivity contribution in [1.82, 2.24) is 19.7 Å². The summed E-state index contributed by atoms with van der Waals surface area (Å²) in [5, 5.41) is 14.3. The maximum atomic E-state index is 13.0. The molecule has 4 aromatic rings. The van der Waals surface area contributed by atoms with E-state index in [1.54, 1.807) is 54.9 Å². The lowest BCUT2D eigenvalue weighted by molar-refractivity contribution is 0.174. The highest BCUT2D eigenvalue weighted by Gasteiger charge is 2.15. The smallest absolute Gasteiger partial charge is 0.261 e. The summed E-state index contributed by atoms with van der Waals surface area (Å²) >= 11 is 1.35. The zero-order valence-electron chi connectivity index (χ0n) is 23.5. The van der Waals surface area contributed by atoms with Crippen LogP contribution in [0.4, 0.5) is 5.69 Å². The Kier molecular flexibility index (Phi) is 11.8. The molecule has 0 aliphatic carbocycles. The topological polar surface area (TPSA) is 117 Å². The van der Waals surface area contributed by atoms with E-state index < -0.39 is 16.1 Å². The van der Waals surface area contributed by atoms with E-state index in [1.807, 2.05) is 18.2 Å². The molecule has 0 radical (unpaired) electrons. The number of rotatable bonds is 17. The summed E-state index contributed by atoms with van der Waals surface area (Å²) in [6, 6.07) is 17.7. The summed E-state index contributed by atoms with van der Waals surface area (Å²) in [5.41, 5.74) is 3.20. The largest absolute Gasteiger partial charge is 0.387 e. The van der Waals surface area contributed by atoms with Gasteiger partial charge in [0.15, 0.2) is 0 Å². The molecule has 0 spiro atoms. The average Bonchev–Trinajstić information content (AvgIpc) is 3.47. The lowest BCUT2D eigenvalue weighted by Crippen LogP contribution is -2.23. The van der Waals surface area contributed by atoms with Gasteiger partial charge in [-0.3, -0.25) is 9.71 Å². The normalized spacial score (nSPS) is 12.3. The molecule has 1 unspecified atom stereocenters.